The van der Waals surface area contributed by atoms with Crippen LogP contribution in [0, 0.1) is 5.92 Å². The summed E-state index contributed by atoms with van der Waals surface area (Å²) in [4.78, 5) is 26.1. The molecule has 2 unspecified atom stereocenters. The number of amides is 1. The molecule has 24 heavy (non-hydrogen) atoms. The second kappa shape index (κ2) is 7.96. The molecule has 0 spiro atoms. The molecule has 3 nitrogen and oxygen atoms in total. The van der Waals surface area contributed by atoms with Gasteiger partial charge in [-0.1, -0.05) is 51.8 Å². The lowest BCUT2D eigenvalue weighted by molar-refractivity contribution is -0.134. The van der Waals surface area contributed by atoms with Crippen LogP contribution in [0.2, 0.25) is 0 Å². The zero-order valence-corrected chi connectivity index (χ0v) is 15.6. The van der Waals surface area contributed by atoms with E-state index in [1.54, 1.807) is 6.92 Å². The molecule has 0 aromatic heterocycles. The van der Waals surface area contributed by atoms with Gasteiger partial charge in [0.05, 0.1) is 0 Å². The number of nitrogens with zero attached hydrogens (tertiary/aromatic N) is 1. The minimum Gasteiger partial charge on any atom is -0.342 e. The third kappa shape index (κ3) is 4.06. The van der Waals surface area contributed by atoms with E-state index in [0.717, 1.165) is 44.3 Å². The van der Waals surface area contributed by atoms with Gasteiger partial charge in [-0.15, -0.1) is 0 Å². The lowest BCUT2D eigenvalue weighted by Gasteiger charge is -2.45. The summed E-state index contributed by atoms with van der Waals surface area (Å²) in [5.41, 5.74) is 2.02. The van der Waals surface area contributed by atoms with Crippen LogP contribution in [0.5, 0.6) is 0 Å². The fourth-order valence-corrected chi connectivity index (χ4v) is 3.67. The van der Waals surface area contributed by atoms with Gasteiger partial charge < -0.3 is 4.90 Å². The van der Waals surface area contributed by atoms with Crippen molar-refractivity contribution in [1.29, 1.82) is 0 Å². The predicted molar refractivity (Wildman–Crippen MR) is 98.3 cm³/mol. The highest BCUT2D eigenvalue weighted by atomic mass is 16.2. The van der Waals surface area contributed by atoms with Crippen molar-refractivity contribution in [2.45, 2.75) is 65.2 Å². The first-order valence-electron chi connectivity index (χ1n) is 9.27. The molecule has 1 aliphatic heterocycles. The van der Waals surface area contributed by atoms with Gasteiger partial charge >= 0.3 is 0 Å². The quantitative estimate of drug-likeness (QED) is 0.565. The predicted octanol–water partition coefficient (Wildman–Crippen LogP) is 4.60. The summed E-state index contributed by atoms with van der Waals surface area (Å²) in [7, 11) is 0. The van der Waals surface area contributed by atoms with Crippen LogP contribution in [0.1, 0.15) is 75.7 Å². The van der Waals surface area contributed by atoms with Gasteiger partial charge in [0.25, 0.3) is 0 Å². The lowest BCUT2D eigenvalue weighted by Crippen LogP contribution is -2.49. The van der Waals surface area contributed by atoms with E-state index in [-0.39, 0.29) is 11.2 Å². The second-order valence-electron chi connectivity index (χ2n) is 7.50. The number of unbranched alkanes of at least 4 members (excludes halogenated alkanes) is 2. The smallest absolute Gasteiger partial charge is 0.222 e. The highest BCUT2D eigenvalue weighted by Gasteiger charge is 2.39. The molecule has 2 rings (SSSR count). The molecule has 0 aliphatic carbocycles. The standard InChI is InChI=1S/C21H31NO2/c1-5-6-7-11-20(24)22-13-12-21(4,16(2)15-22)19-10-8-9-18(14-19)17(3)23/h8-10,14,16H,5-7,11-13,15H2,1-4H3. The van der Waals surface area contributed by atoms with Crippen LogP contribution in [0.25, 0.3) is 0 Å². The van der Waals surface area contributed by atoms with Gasteiger partial charge in [-0.05, 0) is 42.7 Å². The summed E-state index contributed by atoms with van der Waals surface area (Å²) in [6.45, 7) is 9.90. The number of benzene rings is 1. The Morgan fingerprint density at radius 2 is 2.04 bits per heavy atom. The molecular weight excluding hydrogens is 298 g/mol. The van der Waals surface area contributed by atoms with Crippen LogP contribution in [0.15, 0.2) is 24.3 Å². The van der Waals surface area contributed by atoms with Gasteiger partial charge in [0.15, 0.2) is 5.78 Å². The normalized spacial score (nSPS) is 24.0. The van der Waals surface area contributed by atoms with Gasteiger partial charge in [-0.2, -0.15) is 0 Å². The van der Waals surface area contributed by atoms with E-state index in [0.29, 0.717) is 18.2 Å². The molecule has 1 aromatic rings. The summed E-state index contributed by atoms with van der Waals surface area (Å²) >= 11 is 0. The number of hydrogen-bond acceptors (Lipinski definition) is 2. The van der Waals surface area contributed by atoms with E-state index in [1.807, 2.05) is 23.1 Å². The topological polar surface area (TPSA) is 37.4 Å². The number of rotatable bonds is 6. The van der Waals surface area contributed by atoms with Crippen LogP contribution in [-0.4, -0.2) is 29.7 Å². The Hall–Kier alpha value is -1.64. The van der Waals surface area contributed by atoms with Crippen molar-refractivity contribution in [2.24, 2.45) is 5.92 Å². The fraction of sp³-hybridized carbons (Fsp3) is 0.619. The lowest BCUT2D eigenvalue weighted by atomic mass is 9.67. The number of carbonyl (C=O) groups is 2. The molecule has 0 radical (unpaired) electrons. The maximum atomic E-state index is 12.4. The SMILES string of the molecule is CCCCCC(=O)N1CCC(C)(c2cccc(C(C)=O)c2)C(C)C1. The molecule has 0 N–H and O–H groups in total. The molecule has 3 heteroatoms. The van der Waals surface area contributed by atoms with Gasteiger partial charge in [0, 0.05) is 25.1 Å². The van der Waals surface area contributed by atoms with Crippen molar-refractivity contribution in [3.8, 4) is 0 Å². The largest absolute Gasteiger partial charge is 0.342 e. The molecule has 1 aliphatic rings. The summed E-state index contributed by atoms with van der Waals surface area (Å²) in [5.74, 6) is 0.787. The monoisotopic (exact) mass is 329 g/mol. The maximum Gasteiger partial charge on any atom is 0.222 e. The molecule has 2 atom stereocenters. The van der Waals surface area contributed by atoms with Crippen LogP contribution in [0.3, 0.4) is 0 Å². The Morgan fingerprint density at radius 1 is 1.29 bits per heavy atom. The molecule has 1 amide bonds. The zero-order chi connectivity index (χ0) is 17.7. The van der Waals surface area contributed by atoms with Crippen molar-refractivity contribution in [2.75, 3.05) is 13.1 Å². The maximum absolute atomic E-state index is 12.4. The number of likely N-dealkylation sites (tertiary alicyclic amines) is 1. The number of hydrogen-bond donors (Lipinski definition) is 0. The number of Topliss-reactive ketones (excluding diaryl/α,β-unsaturated/α-hetero) is 1. The molecule has 0 bridgehead atoms. The average molecular weight is 329 g/mol. The number of piperidine rings is 1. The minimum atomic E-state index is 0.0195. The molecule has 1 aromatic carbocycles. The number of ketones is 1. The van der Waals surface area contributed by atoms with Crippen LogP contribution in [-0.2, 0) is 10.2 Å². The van der Waals surface area contributed by atoms with Gasteiger partial charge in [-0.25, -0.2) is 0 Å². The minimum absolute atomic E-state index is 0.0195. The molecular formula is C21H31NO2. The van der Waals surface area contributed by atoms with Crippen LogP contribution < -0.4 is 0 Å². The molecule has 1 saturated heterocycles. The van der Waals surface area contributed by atoms with Gasteiger partial charge in [0.1, 0.15) is 0 Å². The Kier molecular flexibility index (Phi) is 6.20. The first kappa shape index (κ1) is 18.7. The van der Waals surface area contributed by atoms with E-state index in [4.69, 9.17) is 0 Å². The number of carbonyl (C=O) groups excluding carboxylic acids is 2. The van der Waals surface area contributed by atoms with E-state index in [9.17, 15) is 9.59 Å². The first-order valence-corrected chi connectivity index (χ1v) is 9.27. The Labute approximate surface area is 146 Å². The van der Waals surface area contributed by atoms with E-state index in [1.165, 1.54) is 5.56 Å². The third-order valence-electron chi connectivity index (χ3n) is 5.76. The highest BCUT2D eigenvalue weighted by Crippen LogP contribution is 2.39. The van der Waals surface area contributed by atoms with Gasteiger partial charge in [0.2, 0.25) is 5.91 Å². The van der Waals surface area contributed by atoms with E-state index >= 15 is 0 Å². The van der Waals surface area contributed by atoms with E-state index in [2.05, 4.69) is 26.8 Å². The summed E-state index contributed by atoms with van der Waals surface area (Å²) < 4.78 is 0. The summed E-state index contributed by atoms with van der Waals surface area (Å²) in [6, 6.07) is 8.03. The van der Waals surface area contributed by atoms with Gasteiger partial charge in [-0.3, -0.25) is 9.59 Å². The third-order valence-corrected chi connectivity index (χ3v) is 5.76. The van der Waals surface area contributed by atoms with Crippen molar-refractivity contribution in [1.82, 2.24) is 4.90 Å². The average Bonchev–Trinajstić information content (AvgIpc) is 2.57. The summed E-state index contributed by atoms with van der Waals surface area (Å²) in [6.07, 6.45) is 4.91. The molecule has 0 saturated carbocycles. The Bertz CT molecular complexity index is 595. The molecule has 132 valence electrons. The zero-order valence-electron chi connectivity index (χ0n) is 15.6. The molecule has 1 fully saturated rings. The van der Waals surface area contributed by atoms with Crippen LogP contribution >= 0.6 is 0 Å². The van der Waals surface area contributed by atoms with Crippen molar-refractivity contribution in [3.63, 3.8) is 0 Å². The summed E-state index contributed by atoms with van der Waals surface area (Å²) in [5, 5.41) is 0. The second-order valence-corrected chi connectivity index (χ2v) is 7.50. The first-order chi connectivity index (χ1) is 11.4. The van der Waals surface area contributed by atoms with Crippen molar-refractivity contribution >= 4 is 11.7 Å². The molecule has 1 heterocycles. The van der Waals surface area contributed by atoms with Crippen molar-refractivity contribution < 1.29 is 9.59 Å². The van der Waals surface area contributed by atoms with Crippen LogP contribution in [0.4, 0.5) is 0 Å². The van der Waals surface area contributed by atoms with E-state index < -0.39 is 0 Å². The fourth-order valence-electron chi connectivity index (χ4n) is 3.67. The Morgan fingerprint density at radius 3 is 2.67 bits per heavy atom. The Balaban J connectivity index is 2.08. The highest BCUT2D eigenvalue weighted by molar-refractivity contribution is 5.94. The van der Waals surface area contributed by atoms with Crippen molar-refractivity contribution in [3.05, 3.63) is 35.4 Å².